The molecule has 0 spiro atoms. The van der Waals surface area contributed by atoms with Crippen molar-refractivity contribution >= 4 is 23.3 Å². The Morgan fingerprint density at radius 3 is 2.35 bits per heavy atom. The summed E-state index contributed by atoms with van der Waals surface area (Å²) in [6, 6.07) is 10.0. The van der Waals surface area contributed by atoms with Crippen LogP contribution < -0.4 is 10.6 Å². The topological polar surface area (TPSA) is 83.6 Å². The van der Waals surface area contributed by atoms with E-state index in [1.165, 1.54) is 0 Å². The summed E-state index contributed by atoms with van der Waals surface area (Å²) in [5.41, 5.74) is 2.20. The van der Waals surface area contributed by atoms with Crippen LogP contribution in [0.1, 0.15) is 27.8 Å². The monoisotopic (exact) mass is 356 g/mol. The number of rotatable bonds is 8. The van der Waals surface area contributed by atoms with Crippen molar-refractivity contribution < 1.29 is 14.3 Å². The third-order valence-corrected chi connectivity index (χ3v) is 3.54. The van der Waals surface area contributed by atoms with Gasteiger partial charge in [-0.05, 0) is 57.4 Å². The third kappa shape index (κ3) is 5.86. The highest BCUT2D eigenvalue weighted by atomic mass is 16.5. The first-order chi connectivity index (χ1) is 12.5. The molecular formula is C19H24N4O3. The van der Waals surface area contributed by atoms with Gasteiger partial charge in [0.15, 0.2) is 0 Å². The van der Waals surface area contributed by atoms with E-state index in [9.17, 15) is 9.59 Å². The summed E-state index contributed by atoms with van der Waals surface area (Å²) < 4.78 is 4.93. The molecule has 138 valence electrons. The zero-order valence-electron chi connectivity index (χ0n) is 15.3. The second kappa shape index (κ2) is 9.53. The highest BCUT2D eigenvalue weighted by Crippen LogP contribution is 2.13. The summed E-state index contributed by atoms with van der Waals surface area (Å²) >= 11 is 0. The first kappa shape index (κ1) is 19.4. The van der Waals surface area contributed by atoms with E-state index in [1.54, 1.807) is 43.5 Å². The van der Waals surface area contributed by atoms with Gasteiger partial charge in [-0.3, -0.25) is 4.79 Å². The quantitative estimate of drug-likeness (QED) is 0.707. The molecule has 0 aliphatic heterocycles. The zero-order valence-corrected chi connectivity index (χ0v) is 15.3. The molecule has 1 aromatic heterocycles. The Hall–Kier alpha value is -2.93. The predicted molar refractivity (Wildman–Crippen MR) is 102 cm³/mol. The van der Waals surface area contributed by atoms with E-state index in [2.05, 4.69) is 20.5 Å². The van der Waals surface area contributed by atoms with Crippen LogP contribution in [0.3, 0.4) is 0 Å². The number of ether oxygens (including phenoxy) is 1. The smallest absolute Gasteiger partial charge is 0.338 e. The first-order valence-electron chi connectivity index (χ1n) is 8.42. The van der Waals surface area contributed by atoms with Crippen molar-refractivity contribution in [3.8, 4) is 0 Å². The zero-order chi connectivity index (χ0) is 18.9. The molecule has 1 aromatic carbocycles. The van der Waals surface area contributed by atoms with Crippen molar-refractivity contribution in [3.05, 3.63) is 53.9 Å². The van der Waals surface area contributed by atoms with Crippen molar-refractivity contribution in [2.75, 3.05) is 44.4 Å². The Kier molecular flexibility index (Phi) is 7.11. The Morgan fingerprint density at radius 1 is 1.08 bits per heavy atom. The fourth-order valence-electron chi connectivity index (χ4n) is 2.16. The largest absolute Gasteiger partial charge is 0.462 e. The van der Waals surface area contributed by atoms with E-state index in [1.807, 2.05) is 20.2 Å². The van der Waals surface area contributed by atoms with E-state index in [-0.39, 0.29) is 11.9 Å². The van der Waals surface area contributed by atoms with Gasteiger partial charge < -0.3 is 20.3 Å². The number of esters is 1. The molecule has 0 saturated carbocycles. The fraction of sp³-hybridized carbons (Fsp3) is 0.316. The van der Waals surface area contributed by atoms with Gasteiger partial charge in [-0.15, -0.1) is 0 Å². The van der Waals surface area contributed by atoms with Crippen LogP contribution in [0.4, 0.5) is 11.4 Å². The number of benzene rings is 1. The van der Waals surface area contributed by atoms with Crippen LogP contribution >= 0.6 is 0 Å². The van der Waals surface area contributed by atoms with Crippen LogP contribution in [0.2, 0.25) is 0 Å². The summed E-state index contributed by atoms with van der Waals surface area (Å²) in [4.78, 5) is 30.1. The Morgan fingerprint density at radius 2 is 1.77 bits per heavy atom. The van der Waals surface area contributed by atoms with Crippen molar-refractivity contribution in [1.29, 1.82) is 0 Å². The van der Waals surface area contributed by atoms with E-state index >= 15 is 0 Å². The molecule has 0 saturated heterocycles. The van der Waals surface area contributed by atoms with Gasteiger partial charge in [0.05, 0.1) is 24.1 Å². The number of likely N-dealkylation sites (N-methyl/N-ethyl adjacent to an activating group) is 1. The molecule has 2 rings (SSSR count). The Balaban J connectivity index is 1.91. The van der Waals surface area contributed by atoms with Crippen molar-refractivity contribution in [2.24, 2.45) is 0 Å². The van der Waals surface area contributed by atoms with Crippen LogP contribution in [0.15, 0.2) is 42.6 Å². The summed E-state index contributed by atoms with van der Waals surface area (Å²) in [5, 5.41) is 5.99. The third-order valence-electron chi connectivity index (χ3n) is 3.54. The minimum absolute atomic E-state index is 0.311. The average Bonchev–Trinajstić information content (AvgIpc) is 2.63. The van der Waals surface area contributed by atoms with Gasteiger partial charge in [-0.25, -0.2) is 9.78 Å². The second-order valence-corrected chi connectivity index (χ2v) is 5.91. The molecule has 26 heavy (non-hydrogen) atoms. The Bertz CT molecular complexity index is 727. The lowest BCUT2D eigenvalue weighted by atomic mass is 10.2. The number of carbonyl (C=O) groups is 2. The number of carbonyl (C=O) groups excluding carboxylic acids is 2. The van der Waals surface area contributed by atoms with Crippen molar-refractivity contribution in [2.45, 2.75) is 6.92 Å². The minimum Gasteiger partial charge on any atom is -0.462 e. The maximum absolute atomic E-state index is 12.3. The van der Waals surface area contributed by atoms with Gasteiger partial charge in [0.2, 0.25) is 0 Å². The van der Waals surface area contributed by atoms with Gasteiger partial charge >= 0.3 is 5.97 Å². The average molecular weight is 356 g/mol. The molecule has 7 nitrogen and oxygen atoms in total. The second-order valence-electron chi connectivity index (χ2n) is 5.91. The molecule has 1 amide bonds. The highest BCUT2D eigenvalue weighted by Gasteiger charge is 2.09. The normalized spacial score (nSPS) is 10.5. The SMILES string of the molecule is CCOC(=O)c1ccc(NC(=O)c2ccc(NCCN(C)C)cn2)cc1. The van der Waals surface area contributed by atoms with Crippen LogP contribution in [-0.2, 0) is 4.74 Å². The summed E-state index contributed by atoms with van der Waals surface area (Å²) in [7, 11) is 4.01. The van der Waals surface area contributed by atoms with Crippen molar-refractivity contribution in [3.63, 3.8) is 0 Å². The standard InChI is InChI=1S/C19H24N4O3/c1-4-26-19(25)14-5-7-15(8-6-14)22-18(24)17-10-9-16(13-21-17)20-11-12-23(2)3/h5-10,13,20H,4,11-12H2,1-3H3,(H,22,24). The number of nitrogens with zero attached hydrogens (tertiary/aromatic N) is 2. The lowest BCUT2D eigenvalue weighted by Crippen LogP contribution is -2.21. The number of aromatic nitrogens is 1. The van der Waals surface area contributed by atoms with Crippen LogP contribution in [0, 0.1) is 0 Å². The van der Waals surface area contributed by atoms with Crippen LogP contribution in [0.5, 0.6) is 0 Å². The minimum atomic E-state index is -0.385. The number of hydrogen-bond acceptors (Lipinski definition) is 6. The number of amides is 1. The lowest BCUT2D eigenvalue weighted by molar-refractivity contribution is 0.0526. The van der Waals surface area contributed by atoms with Gasteiger partial charge in [-0.1, -0.05) is 0 Å². The fourth-order valence-corrected chi connectivity index (χ4v) is 2.16. The maximum Gasteiger partial charge on any atom is 0.338 e. The van der Waals surface area contributed by atoms with E-state index < -0.39 is 0 Å². The molecule has 0 radical (unpaired) electrons. The number of anilines is 2. The Labute approximate surface area is 153 Å². The van der Waals surface area contributed by atoms with Crippen molar-refractivity contribution in [1.82, 2.24) is 9.88 Å². The molecule has 0 fully saturated rings. The molecule has 0 atom stereocenters. The van der Waals surface area contributed by atoms with E-state index in [0.29, 0.717) is 23.6 Å². The molecule has 7 heteroatoms. The lowest BCUT2D eigenvalue weighted by Gasteiger charge is -2.11. The van der Waals surface area contributed by atoms with Gasteiger partial charge in [0, 0.05) is 18.8 Å². The number of pyridine rings is 1. The molecule has 2 N–H and O–H groups in total. The van der Waals surface area contributed by atoms with Gasteiger partial charge in [-0.2, -0.15) is 0 Å². The molecule has 2 aromatic rings. The molecule has 1 heterocycles. The first-order valence-corrected chi connectivity index (χ1v) is 8.42. The summed E-state index contributed by atoms with van der Waals surface area (Å²) in [6.07, 6.45) is 1.63. The number of nitrogens with one attached hydrogen (secondary N) is 2. The number of hydrogen-bond donors (Lipinski definition) is 2. The van der Waals surface area contributed by atoms with Crippen LogP contribution in [-0.4, -0.2) is 55.6 Å². The summed E-state index contributed by atoms with van der Waals surface area (Å²) in [5.74, 6) is -0.696. The van der Waals surface area contributed by atoms with Gasteiger partial charge in [0.1, 0.15) is 5.69 Å². The highest BCUT2D eigenvalue weighted by molar-refractivity contribution is 6.03. The maximum atomic E-state index is 12.3. The molecular weight excluding hydrogens is 332 g/mol. The van der Waals surface area contributed by atoms with E-state index in [4.69, 9.17) is 4.74 Å². The summed E-state index contributed by atoms with van der Waals surface area (Å²) in [6.45, 7) is 3.78. The van der Waals surface area contributed by atoms with Crippen LogP contribution in [0.25, 0.3) is 0 Å². The molecule has 0 unspecified atom stereocenters. The van der Waals surface area contributed by atoms with Gasteiger partial charge in [0.25, 0.3) is 5.91 Å². The molecule has 0 aliphatic carbocycles. The predicted octanol–water partition coefficient (Wildman–Crippen LogP) is 2.48. The molecule has 0 bridgehead atoms. The van der Waals surface area contributed by atoms with E-state index in [0.717, 1.165) is 18.8 Å². The molecule has 0 aliphatic rings.